The highest BCUT2D eigenvalue weighted by molar-refractivity contribution is 5.93. The fourth-order valence-corrected chi connectivity index (χ4v) is 3.21. The first-order valence-electron chi connectivity index (χ1n) is 9.75. The van der Waals surface area contributed by atoms with Crippen LogP contribution in [0.25, 0.3) is 10.9 Å². The highest BCUT2D eigenvalue weighted by atomic mass is 19.1. The second kappa shape index (κ2) is 10.7. The summed E-state index contributed by atoms with van der Waals surface area (Å²) in [5.41, 5.74) is 0.0118. The lowest BCUT2D eigenvalue weighted by Gasteiger charge is -2.30. The van der Waals surface area contributed by atoms with E-state index in [1.54, 1.807) is 10.6 Å². The van der Waals surface area contributed by atoms with Gasteiger partial charge in [-0.05, 0) is 19.1 Å². The normalized spacial score (nSPS) is 14.4. The van der Waals surface area contributed by atoms with E-state index in [9.17, 15) is 23.6 Å². The van der Waals surface area contributed by atoms with Crippen molar-refractivity contribution in [2.45, 2.75) is 26.0 Å². The zero-order valence-corrected chi connectivity index (χ0v) is 17.2. The standard InChI is InChI=1S/C16H18FN3O3.C4H6O5/c1-2-19-9-11(16(22)23)15(21)10-7-12(17)14(8-13(10)19)20-5-3-18-4-6-20;5-2(4(8)9)1-3(6)7/h7-9,18H,2-6H2,1H3,(H,22,23);2,5H,1H2,(H,6,7)(H,8,9). The van der Waals surface area contributed by atoms with Gasteiger partial charge in [0.15, 0.2) is 6.10 Å². The highest BCUT2D eigenvalue weighted by Gasteiger charge is 2.20. The molecule has 3 rings (SSSR count). The van der Waals surface area contributed by atoms with E-state index in [4.69, 9.17) is 20.4 Å². The van der Waals surface area contributed by atoms with Crippen molar-refractivity contribution in [2.24, 2.45) is 0 Å². The lowest BCUT2D eigenvalue weighted by molar-refractivity contribution is -0.152. The molecule has 1 fully saturated rings. The van der Waals surface area contributed by atoms with Gasteiger partial charge < -0.3 is 35.2 Å². The summed E-state index contributed by atoms with van der Waals surface area (Å²) >= 11 is 0. The second-order valence-corrected chi connectivity index (χ2v) is 6.97. The third-order valence-electron chi connectivity index (χ3n) is 4.83. The zero-order chi connectivity index (χ0) is 24.0. The Bertz CT molecular complexity index is 1080. The molecule has 0 amide bonds. The number of aliphatic hydroxyl groups excluding tert-OH is 1. The number of nitrogens with zero attached hydrogens (tertiary/aromatic N) is 2. The first kappa shape index (κ1) is 24.8. The Hall–Kier alpha value is -3.51. The quantitative estimate of drug-likeness (QED) is 0.406. The van der Waals surface area contributed by atoms with Crippen LogP contribution in [0.5, 0.6) is 0 Å². The molecule has 11 nitrogen and oxygen atoms in total. The third kappa shape index (κ3) is 5.80. The molecule has 1 aromatic heterocycles. The molecule has 5 N–H and O–H groups in total. The summed E-state index contributed by atoms with van der Waals surface area (Å²) in [7, 11) is 0. The van der Waals surface area contributed by atoms with Crippen molar-refractivity contribution in [1.82, 2.24) is 9.88 Å². The number of halogens is 1. The Balaban J connectivity index is 0.000000344. The van der Waals surface area contributed by atoms with E-state index in [-0.39, 0.29) is 10.9 Å². The van der Waals surface area contributed by atoms with Gasteiger partial charge in [0.05, 0.1) is 17.6 Å². The van der Waals surface area contributed by atoms with Gasteiger partial charge in [0.25, 0.3) is 0 Å². The number of piperazine rings is 1. The molecule has 12 heteroatoms. The van der Waals surface area contributed by atoms with Crippen molar-refractivity contribution < 1.29 is 39.2 Å². The van der Waals surface area contributed by atoms with Gasteiger partial charge in [0.1, 0.15) is 11.4 Å². The molecule has 2 aromatic rings. The Morgan fingerprint density at radius 3 is 2.25 bits per heavy atom. The monoisotopic (exact) mass is 453 g/mol. The van der Waals surface area contributed by atoms with Gasteiger partial charge in [0.2, 0.25) is 5.43 Å². The highest BCUT2D eigenvalue weighted by Crippen LogP contribution is 2.25. The van der Waals surface area contributed by atoms with Crippen molar-refractivity contribution in [2.75, 3.05) is 31.1 Å². The maximum absolute atomic E-state index is 14.5. The first-order chi connectivity index (χ1) is 15.1. The van der Waals surface area contributed by atoms with E-state index < -0.39 is 41.7 Å². The van der Waals surface area contributed by atoms with Gasteiger partial charge in [-0.2, -0.15) is 0 Å². The van der Waals surface area contributed by atoms with E-state index >= 15 is 0 Å². The summed E-state index contributed by atoms with van der Waals surface area (Å²) in [4.78, 5) is 44.8. The number of aromatic nitrogens is 1. The first-order valence-corrected chi connectivity index (χ1v) is 9.75. The molecule has 174 valence electrons. The van der Waals surface area contributed by atoms with Gasteiger partial charge in [-0.3, -0.25) is 9.59 Å². The fraction of sp³-hybridized carbons (Fsp3) is 0.400. The molecule has 1 unspecified atom stereocenters. The van der Waals surface area contributed by atoms with Crippen LogP contribution in [0.1, 0.15) is 23.7 Å². The smallest absolute Gasteiger partial charge is 0.341 e. The maximum Gasteiger partial charge on any atom is 0.341 e. The van der Waals surface area contributed by atoms with Crippen molar-refractivity contribution in [1.29, 1.82) is 0 Å². The number of carbonyl (C=O) groups is 3. The Kier molecular flexibility index (Phi) is 8.27. The molecule has 0 spiro atoms. The average molecular weight is 453 g/mol. The average Bonchev–Trinajstić information content (AvgIpc) is 2.74. The number of nitrogens with one attached hydrogen (secondary N) is 1. The number of fused-ring (bicyclic) bond motifs is 1. The van der Waals surface area contributed by atoms with Crippen LogP contribution in [0.15, 0.2) is 23.1 Å². The van der Waals surface area contributed by atoms with Crippen LogP contribution in [-0.4, -0.2) is 75.2 Å². The van der Waals surface area contributed by atoms with Gasteiger partial charge in [-0.15, -0.1) is 0 Å². The number of aryl methyl sites for hydroxylation is 1. The number of benzene rings is 1. The van der Waals surface area contributed by atoms with Crippen molar-refractivity contribution >= 4 is 34.5 Å². The molecule has 1 aliphatic rings. The van der Waals surface area contributed by atoms with Crippen molar-refractivity contribution in [3.63, 3.8) is 0 Å². The molecule has 1 atom stereocenters. The van der Waals surface area contributed by atoms with Crippen LogP contribution in [0.2, 0.25) is 0 Å². The topological polar surface area (TPSA) is 169 Å². The second-order valence-electron chi connectivity index (χ2n) is 6.97. The van der Waals surface area contributed by atoms with Gasteiger partial charge in [-0.1, -0.05) is 0 Å². The lowest BCUT2D eigenvalue weighted by Crippen LogP contribution is -2.43. The molecule has 0 radical (unpaired) electrons. The van der Waals surface area contributed by atoms with Gasteiger partial charge >= 0.3 is 17.9 Å². The molecule has 1 saturated heterocycles. The summed E-state index contributed by atoms with van der Waals surface area (Å²) in [6, 6.07) is 2.81. The number of aliphatic carboxylic acids is 2. The molecule has 1 aliphatic heterocycles. The van der Waals surface area contributed by atoms with Crippen molar-refractivity contribution in [3.05, 3.63) is 39.9 Å². The Morgan fingerprint density at radius 2 is 1.78 bits per heavy atom. The van der Waals surface area contributed by atoms with Crippen LogP contribution in [-0.2, 0) is 16.1 Å². The lowest BCUT2D eigenvalue weighted by atomic mass is 10.1. The number of carboxylic acids is 3. The third-order valence-corrected chi connectivity index (χ3v) is 4.83. The van der Waals surface area contributed by atoms with Crippen molar-refractivity contribution in [3.8, 4) is 0 Å². The minimum absolute atomic E-state index is 0.100. The molecule has 0 aliphatic carbocycles. The fourth-order valence-electron chi connectivity index (χ4n) is 3.21. The Morgan fingerprint density at radius 1 is 1.16 bits per heavy atom. The summed E-state index contributed by atoms with van der Waals surface area (Å²) in [5, 5.41) is 36.6. The summed E-state index contributed by atoms with van der Waals surface area (Å²) < 4.78 is 16.2. The predicted molar refractivity (Wildman–Crippen MR) is 112 cm³/mol. The summed E-state index contributed by atoms with van der Waals surface area (Å²) in [6.45, 7) is 5.26. The SMILES string of the molecule is CCn1cc(C(=O)O)c(=O)c2cc(F)c(N3CCNCC3)cc21.O=C(O)CC(O)C(=O)O. The number of aliphatic hydroxyl groups is 1. The molecule has 1 aromatic carbocycles. The number of hydrogen-bond acceptors (Lipinski definition) is 7. The van der Waals surface area contributed by atoms with Gasteiger partial charge in [0, 0.05) is 44.3 Å². The largest absolute Gasteiger partial charge is 0.481 e. The molecular formula is C20H24FN3O8. The zero-order valence-electron chi connectivity index (χ0n) is 17.2. The molecular weight excluding hydrogens is 429 g/mol. The number of carboxylic acid groups (broad SMARTS) is 3. The van der Waals surface area contributed by atoms with Crippen LogP contribution in [0.4, 0.5) is 10.1 Å². The maximum atomic E-state index is 14.5. The van der Waals surface area contributed by atoms with E-state index in [1.807, 2.05) is 11.8 Å². The van der Waals surface area contributed by atoms with E-state index in [0.29, 0.717) is 30.8 Å². The molecule has 0 bridgehead atoms. The van der Waals surface area contributed by atoms with Crippen LogP contribution in [0, 0.1) is 5.82 Å². The van der Waals surface area contributed by atoms with Gasteiger partial charge in [-0.25, -0.2) is 14.0 Å². The van der Waals surface area contributed by atoms with E-state index in [1.165, 1.54) is 6.20 Å². The number of anilines is 1. The minimum atomic E-state index is -1.79. The number of aromatic carboxylic acids is 1. The summed E-state index contributed by atoms with van der Waals surface area (Å²) in [5.74, 6) is -4.64. The number of hydrogen-bond donors (Lipinski definition) is 5. The van der Waals surface area contributed by atoms with E-state index in [2.05, 4.69) is 5.32 Å². The summed E-state index contributed by atoms with van der Waals surface area (Å²) in [6.07, 6.45) is -1.22. The minimum Gasteiger partial charge on any atom is -0.481 e. The van der Waals surface area contributed by atoms with Crippen LogP contribution < -0.4 is 15.6 Å². The van der Waals surface area contributed by atoms with Crippen LogP contribution >= 0.6 is 0 Å². The predicted octanol–water partition coefficient (Wildman–Crippen LogP) is 0.175. The molecule has 2 heterocycles. The Labute approximate surface area is 181 Å². The van der Waals surface area contributed by atoms with Crippen LogP contribution in [0.3, 0.4) is 0 Å². The van der Waals surface area contributed by atoms with E-state index in [0.717, 1.165) is 19.2 Å². The molecule has 32 heavy (non-hydrogen) atoms. The number of pyridine rings is 1. The number of rotatable bonds is 6. The molecule has 0 saturated carbocycles.